The molecule has 2 heterocycles. The van der Waals surface area contributed by atoms with E-state index in [1.807, 2.05) is 24.3 Å². The number of anilines is 3. The third-order valence-corrected chi connectivity index (χ3v) is 5.21. The Morgan fingerprint density at radius 1 is 1.10 bits per heavy atom. The Morgan fingerprint density at radius 3 is 2.72 bits per heavy atom. The monoisotopic (exact) mass is 393 g/mol. The molecule has 7 heteroatoms. The number of nitrogens with zero attached hydrogens (tertiary/aromatic N) is 2. The first-order chi connectivity index (χ1) is 14.0. The summed E-state index contributed by atoms with van der Waals surface area (Å²) in [5, 5.41) is 2.83. The van der Waals surface area contributed by atoms with Crippen LogP contribution in [0.5, 0.6) is 5.75 Å². The van der Waals surface area contributed by atoms with Crippen molar-refractivity contribution < 1.29 is 19.1 Å². The van der Waals surface area contributed by atoms with Crippen LogP contribution in [0.4, 0.5) is 17.1 Å². The van der Waals surface area contributed by atoms with Crippen molar-refractivity contribution in [3.63, 3.8) is 0 Å². The second-order valence-corrected chi connectivity index (χ2v) is 7.25. The fourth-order valence-corrected chi connectivity index (χ4v) is 3.81. The van der Waals surface area contributed by atoms with E-state index < -0.39 is 0 Å². The number of hydrogen-bond donors (Lipinski definition) is 1. The van der Waals surface area contributed by atoms with Gasteiger partial charge in [0.15, 0.2) is 6.61 Å². The van der Waals surface area contributed by atoms with Crippen LogP contribution in [0.2, 0.25) is 0 Å². The number of ether oxygens (including phenoxy) is 1. The zero-order valence-corrected chi connectivity index (χ0v) is 16.3. The SMILES string of the molecule is CC(=O)N1CCc2cc(NC(=O)COc3cccc(N4CCCC4=O)c3)ccc21. The van der Waals surface area contributed by atoms with E-state index in [-0.39, 0.29) is 24.3 Å². The van der Waals surface area contributed by atoms with Gasteiger partial charge in [-0.1, -0.05) is 6.07 Å². The average molecular weight is 393 g/mol. The van der Waals surface area contributed by atoms with Crippen LogP contribution in [-0.2, 0) is 20.8 Å². The highest BCUT2D eigenvalue weighted by Gasteiger charge is 2.23. The predicted octanol–water partition coefficient (Wildman–Crippen LogP) is 2.74. The first-order valence-corrected chi connectivity index (χ1v) is 9.75. The summed E-state index contributed by atoms with van der Waals surface area (Å²) in [6, 6.07) is 12.8. The summed E-state index contributed by atoms with van der Waals surface area (Å²) in [6.07, 6.45) is 2.20. The van der Waals surface area contributed by atoms with Crippen LogP contribution < -0.4 is 19.9 Å². The van der Waals surface area contributed by atoms with E-state index in [0.717, 1.165) is 29.8 Å². The second kappa shape index (κ2) is 7.95. The lowest BCUT2D eigenvalue weighted by Crippen LogP contribution is -2.25. The number of hydrogen-bond acceptors (Lipinski definition) is 4. The number of amides is 3. The topological polar surface area (TPSA) is 79.0 Å². The van der Waals surface area contributed by atoms with E-state index in [9.17, 15) is 14.4 Å². The van der Waals surface area contributed by atoms with Crippen LogP contribution in [-0.4, -0.2) is 37.4 Å². The highest BCUT2D eigenvalue weighted by molar-refractivity contribution is 5.96. The Balaban J connectivity index is 1.35. The highest BCUT2D eigenvalue weighted by Crippen LogP contribution is 2.30. The Morgan fingerprint density at radius 2 is 1.97 bits per heavy atom. The molecule has 1 saturated heterocycles. The van der Waals surface area contributed by atoms with Gasteiger partial charge in [0.1, 0.15) is 5.75 Å². The first kappa shape index (κ1) is 19.0. The van der Waals surface area contributed by atoms with Gasteiger partial charge < -0.3 is 19.9 Å². The van der Waals surface area contributed by atoms with Gasteiger partial charge in [0.05, 0.1) is 0 Å². The van der Waals surface area contributed by atoms with Gasteiger partial charge in [-0.15, -0.1) is 0 Å². The molecule has 1 N–H and O–H groups in total. The molecular weight excluding hydrogens is 370 g/mol. The summed E-state index contributed by atoms with van der Waals surface area (Å²) in [4.78, 5) is 39.3. The molecule has 0 aliphatic carbocycles. The van der Waals surface area contributed by atoms with E-state index in [1.165, 1.54) is 0 Å². The molecule has 0 saturated carbocycles. The van der Waals surface area contributed by atoms with Gasteiger partial charge in [-0.2, -0.15) is 0 Å². The quantitative estimate of drug-likeness (QED) is 0.847. The van der Waals surface area contributed by atoms with Gasteiger partial charge >= 0.3 is 0 Å². The Kier molecular flexibility index (Phi) is 5.20. The number of fused-ring (bicyclic) bond motifs is 1. The van der Waals surface area contributed by atoms with Gasteiger partial charge in [0.2, 0.25) is 11.8 Å². The summed E-state index contributed by atoms with van der Waals surface area (Å²) in [7, 11) is 0. The third-order valence-electron chi connectivity index (χ3n) is 5.21. The van der Waals surface area contributed by atoms with Crippen LogP contribution in [0.1, 0.15) is 25.3 Å². The molecule has 0 aromatic heterocycles. The molecule has 2 aromatic carbocycles. The highest BCUT2D eigenvalue weighted by atomic mass is 16.5. The van der Waals surface area contributed by atoms with Crippen molar-refractivity contribution >= 4 is 34.8 Å². The van der Waals surface area contributed by atoms with Crippen molar-refractivity contribution in [3.8, 4) is 5.75 Å². The van der Waals surface area contributed by atoms with Crippen molar-refractivity contribution in [1.29, 1.82) is 0 Å². The summed E-state index contributed by atoms with van der Waals surface area (Å²) in [6.45, 7) is 2.80. The molecule has 7 nitrogen and oxygen atoms in total. The molecular formula is C22H23N3O4. The van der Waals surface area contributed by atoms with Crippen LogP contribution in [0.25, 0.3) is 0 Å². The van der Waals surface area contributed by atoms with Gasteiger partial charge in [0, 0.05) is 49.6 Å². The minimum atomic E-state index is -0.269. The lowest BCUT2D eigenvalue weighted by atomic mass is 10.1. The Bertz CT molecular complexity index is 972. The van der Waals surface area contributed by atoms with Gasteiger partial charge in [0.25, 0.3) is 5.91 Å². The molecule has 3 amide bonds. The maximum Gasteiger partial charge on any atom is 0.262 e. The van der Waals surface area contributed by atoms with Crippen LogP contribution in [0, 0.1) is 0 Å². The molecule has 0 unspecified atom stereocenters. The smallest absolute Gasteiger partial charge is 0.262 e. The number of carbonyl (C=O) groups excluding carboxylic acids is 3. The molecule has 2 aliphatic rings. The van der Waals surface area contributed by atoms with E-state index in [4.69, 9.17) is 4.74 Å². The standard InChI is InChI=1S/C22H23N3O4/c1-15(26)24-11-9-16-12-17(7-8-20(16)24)23-21(27)14-29-19-5-2-4-18(13-19)25-10-3-6-22(25)28/h2,4-5,7-8,12-13H,3,6,9-11,14H2,1H3,(H,23,27). The van der Waals surface area contributed by atoms with Gasteiger partial charge in [-0.05, 0) is 48.7 Å². The lowest BCUT2D eigenvalue weighted by Gasteiger charge is -2.17. The minimum Gasteiger partial charge on any atom is -0.484 e. The zero-order chi connectivity index (χ0) is 20.4. The molecule has 29 heavy (non-hydrogen) atoms. The summed E-state index contributed by atoms with van der Waals surface area (Å²) >= 11 is 0. The fourth-order valence-electron chi connectivity index (χ4n) is 3.81. The largest absolute Gasteiger partial charge is 0.484 e. The number of rotatable bonds is 5. The Hall–Kier alpha value is -3.35. The molecule has 2 aliphatic heterocycles. The van der Waals surface area contributed by atoms with Gasteiger partial charge in [-0.25, -0.2) is 0 Å². The average Bonchev–Trinajstić information content (AvgIpc) is 3.32. The van der Waals surface area contributed by atoms with Crippen LogP contribution >= 0.6 is 0 Å². The number of carbonyl (C=O) groups is 3. The molecule has 0 radical (unpaired) electrons. The third kappa shape index (κ3) is 4.08. The molecule has 4 rings (SSSR count). The van der Waals surface area contributed by atoms with Crippen molar-refractivity contribution in [2.75, 3.05) is 34.8 Å². The van der Waals surface area contributed by atoms with Crippen molar-refractivity contribution in [3.05, 3.63) is 48.0 Å². The first-order valence-electron chi connectivity index (χ1n) is 9.75. The normalized spacial score (nSPS) is 15.4. The molecule has 0 atom stereocenters. The number of benzene rings is 2. The lowest BCUT2D eigenvalue weighted by molar-refractivity contribution is -0.118. The van der Waals surface area contributed by atoms with E-state index in [2.05, 4.69) is 5.32 Å². The van der Waals surface area contributed by atoms with E-state index in [1.54, 1.807) is 34.9 Å². The van der Waals surface area contributed by atoms with Crippen LogP contribution in [0.3, 0.4) is 0 Å². The van der Waals surface area contributed by atoms with Crippen molar-refractivity contribution in [2.45, 2.75) is 26.2 Å². The Labute approximate surface area is 169 Å². The summed E-state index contributed by atoms with van der Waals surface area (Å²) in [5.74, 6) is 0.407. The van der Waals surface area contributed by atoms with Crippen molar-refractivity contribution in [2.24, 2.45) is 0 Å². The maximum absolute atomic E-state index is 12.3. The molecule has 0 bridgehead atoms. The number of nitrogens with one attached hydrogen (secondary N) is 1. The minimum absolute atomic E-state index is 0.0202. The second-order valence-electron chi connectivity index (χ2n) is 7.25. The summed E-state index contributed by atoms with van der Waals surface area (Å²) in [5.41, 5.74) is 3.42. The van der Waals surface area contributed by atoms with Crippen LogP contribution in [0.15, 0.2) is 42.5 Å². The zero-order valence-electron chi connectivity index (χ0n) is 16.3. The summed E-state index contributed by atoms with van der Waals surface area (Å²) < 4.78 is 5.61. The molecule has 1 fully saturated rings. The van der Waals surface area contributed by atoms with E-state index >= 15 is 0 Å². The molecule has 2 aromatic rings. The van der Waals surface area contributed by atoms with E-state index in [0.29, 0.717) is 30.9 Å². The van der Waals surface area contributed by atoms with Gasteiger partial charge in [-0.3, -0.25) is 14.4 Å². The van der Waals surface area contributed by atoms with Crippen molar-refractivity contribution in [1.82, 2.24) is 0 Å². The molecule has 0 spiro atoms. The maximum atomic E-state index is 12.3. The fraction of sp³-hybridized carbons (Fsp3) is 0.318. The predicted molar refractivity (Wildman–Crippen MR) is 110 cm³/mol. The molecule has 150 valence electrons.